The minimum absolute atomic E-state index is 0.0126. The molecule has 3 atom stereocenters. The van der Waals surface area contributed by atoms with Crippen molar-refractivity contribution in [1.29, 1.82) is 0 Å². The van der Waals surface area contributed by atoms with Crippen molar-refractivity contribution in [3.63, 3.8) is 0 Å². The van der Waals surface area contributed by atoms with Crippen molar-refractivity contribution in [1.82, 2.24) is 15.6 Å². The highest BCUT2D eigenvalue weighted by atomic mass is 16.6. The van der Waals surface area contributed by atoms with E-state index in [1.807, 2.05) is 30.3 Å². The van der Waals surface area contributed by atoms with Gasteiger partial charge in [-0.1, -0.05) is 43.0 Å². The number of rotatable bonds is 11. The summed E-state index contributed by atoms with van der Waals surface area (Å²) in [5.41, 5.74) is 7.38. The van der Waals surface area contributed by atoms with Crippen LogP contribution in [0.3, 0.4) is 0 Å². The Morgan fingerprint density at radius 2 is 1.97 bits per heavy atom. The maximum absolute atomic E-state index is 13.2. The van der Waals surface area contributed by atoms with Gasteiger partial charge in [0.15, 0.2) is 0 Å². The van der Waals surface area contributed by atoms with Gasteiger partial charge in [0.05, 0.1) is 31.7 Å². The van der Waals surface area contributed by atoms with Gasteiger partial charge in [0, 0.05) is 6.42 Å². The predicted octanol–water partition coefficient (Wildman–Crippen LogP) is 1.84. The number of hydrazone groups is 1. The van der Waals surface area contributed by atoms with E-state index in [0.29, 0.717) is 12.9 Å². The number of hydrogen-bond acceptors (Lipinski definition) is 8. The van der Waals surface area contributed by atoms with Crippen LogP contribution in [-0.4, -0.2) is 72.1 Å². The van der Waals surface area contributed by atoms with Crippen molar-refractivity contribution >= 4 is 30.2 Å². The molecule has 2 unspecified atom stereocenters. The Labute approximate surface area is 216 Å². The number of ether oxygens (including phenoxy) is 3. The van der Waals surface area contributed by atoms with E-state index in [2.05, 4.69) is 22.4 Å². The van der Waals surface area contributed by atoms with Gasteiger partial charge in [0.1, 0.15) is 24.5 Å². The Hall–Kier alpha value is -3.93. The van der Waals surface area contributed by atoms with E-state index in [1.54, 1.807) is 20.8 Å². The number of benzene rings is 1. The van der Waals surface area contributed by atoms with Gasteiger partial charge in [-0.25, -0.2) is 15.0 Å². The third-order valence-corrected chi connectivity index (χ3v) is 5.05. The number of hydrogen-bond donors (Lipinski definition) is 3. The molecule has 2 rings (SSSR count). The van der Waals surface area contributed by atoms with Crippen molar-refractivity contribution < 1.29 is 33.4 Å². The zero-order valence-corrected chi connectivity index (χ0v) is 21.3. The summed E-state index contributed by atoms with van der Waals surface area (Å²) in [7, 11) is 0. The number of primary amides is 1. The van der Waals surface area contributed by atoms with Crippen LogP contribution in [0.5, 0.6) is 0 Å². The molecular formula is C25H35N5O7. The average molecular weight is 518 g/mol. The van der Waals surface area contributed by atoms with Crippen LogP contribution in [0.4, 0.5) is 9.59 Å². The molecule has 12 heteroatoms. The van der Waals surface area contributed by atoms with E-state index >= 15 is 0 Å². The van der Waals surface area contributed by atoms with Gasteiger partial charge in [-0.3, -0.25) is 9.69 Å². The monoisotopic (exact) mass is 517 g/mol. The lowest BCUT2D eigenvalue weighted by Crippen LogP contribution is -2.50. The molecule has 0 aromatic heterocycles. The van der Waals surface area contributed by atoms with E-state index in [9.17, 15) is 19.2 Å². The second-order valence-electron chi connectivity index (χ2n) is 9.34. The number of carbonyl (C=O) groups excluding carboxylic acids is 4. The topological polar surface area (TPSA) is 162 Å². The van der Waals surface area contributed by atoms with E-state index in [1.165, 1.54) is 11.0 Å². The first kappa shape index (κ1) is 29.3. The molecule has 202 valence electrons. The number of urea groups is 1. The van der Waals surface area contributed by atoms with Crippen LogP contribution in [0.15, 0.2) is 48.1 Å². The molecule has 4 N–H and O–H groups in total. The second kappa shape index (κ2) is 14.0. The van der Waals surface area contributed by atoms with Crippen LogP contribution in [0.1, 0.15) is 39.2 Å². The maximum Gasteiger partial charge on any atom is 0.410 e. The smallest absolute Gasteiger partial charge is 0.410 e. The van der Waals surface area contributed by atoms with Crippen LogP contribution in [-0.2, 0) is 30.4 Å². The number of amides is 4. The van der Waals surface area contributed by atoms with Crippen molar-refractivity contribution in [2.75, 3.05) is 13.2 Å². The Bertz CT molecular complexity index is 977. The summed E-state index contributed by atoms with van der Waals surface area (Å²) in [6, 6.07) is 6.59. The summed E-state index contributed by atoms with van der Waals surface area (Å²) >= 11 is 0. The SMILES string of the molecule is C=CCOC(=O)N1CC(OCc2ccccc2)C[C@H]1C(=O)NC(C=O)CC(=NNC(N)=O)OC(C)(C)C. The molecule has 1 heterocycles. The number of nitrogens with two attached hydrogens (primary N) is 1. The lowest BCUT2D eigenvalue weighted by molar-refractivity contribution is -0.127. The Balaban J connectivity index is 2.11. The average Bonchev–Trinajstić information content (AvgIpc) is 3.28. The van der Waals surface area contributed by atoms with Crippen LogP contribution in [0.2, 0.25) is 0 Å². The van der Waals surface area contributed by atoms with Gasteiger partial charge >= 0.3 is 12.1 Å². The minimum atomic E-state index is -1.06. The molecule has 1 aliphatic rings. The normalized spacial score (nSPS) is 18.5. The van der Waals surface area contributed by atoms with Crippen LogP contribution >= 0.6 is 0 Å². The van der Waals surface area contributed by atoms with Crippen molar-refractivity contribution in [3.05, 3.63) is 48.6 Å². The van der Waals surface area contributed by atoms with E-state index in [4.69, 9.17) is 19.9 Å². The first-order chi connectivity index (χ1) is 17.5. The molecule has 12 nitrogen and oxygen atoms in total. The molecule has 1 saturated heterocycles. The molecular weight excluding hydrogens is 482 g/mol. The van der Waals surface area contributed by atoms with Crippen LogP contribution in [0.25, 0.3) is 0 Å². The van der Waals surface area contributed by atoms with E-state index < -0.39 is 41.8 Å². The Morgan fingerprint density at radius 3 is 2.57 bits per heavy atom. The summed E-state index contributed by atoms with van der Waals surface area (Å²) in [4.78, 5) is 50.0. The van der Waals surface area contributed by atoms with Gasteiger partial charge in [-0.05, 0) is 26.3 Å². The fourth-order valence-corrected chi connectivity index (χ4v) is 3.55. The lowest BCUT2D eigenvalue weighted by atomic mass is 10.1. The fraction of sp³-hybridized carbons (Fsp3) is 0.480. The molecule has 0 spiro atoms. The Morgan fingerprint density at radius 1 is 1.27 bits per heavy atom. The number of aldehydes is 1. The van der Waals surface area contributed by atoms with Gasteiger partial charge in [-0.15, -0.1) is 5.10 Å². The van der Waals surface area contributed by atoms with Crippen molar-refractivity contribution in [2.24, 2.45) is 10.8 Å². The van der Waals surface area contributed by atoms with Gasteiger partial charge < -0.3 is 30.1 Å². The van der Waals surface area contributed by atoms with Crippen LogP contribution in [0, 0.1) is 0 Å². The molecule has 0 saturated carbocycles. The summed E-state index contributed by atoms with van der Waals surface area (Å²) in [6.07, 6.45) is 0.860. The van der Waals surface area contributed by atoms with Crippen molar-refractivity contribution in [2.45, 2.75) is 64.0 Å². The molecule has 0 bridgehead atoms. The zero-order chi connectivity index (χ0) is 27.4. The summed E-state index contributed by atoms with van der Waals surface area (Å²) < 4.78 is 16.8. The van der Waals surface area contributed by atoms with Gasteiger partial charge in [0.2, 0.25) is 11.8 Å². The van der Waals surface area contributed by atoms with E-state index in [-0.39, 0.29) is 31.9 Å². The first-order valence-corrected chi connectivity index (χ1v) is 11.8. The first-order valence-electron chi connectivity index (χ1n) is 11.8. The number of nitrogens with one attached hydrogen (secondary N) is 2. The summed E-state index contributed by atoms with van der Waals surface area (Å²) in [5.74, 6) is -0.585. The zero-order valence-electron chi connectivity index (χ0n) is 21.3. The number of nitrogens with zero attached hydrogens (tertiary/aromatic N) is 2. The number of carbonyl (C=O) groups is 4. The third kappa shape index (κ3) is 10.3. The van der Waals surface area contributed by atoms with E-state index in [0.717, 1.165) is 5.56 Å². The van der Waals surface area contributed by atoms with Gasteiger partial charge in [-0.2, -0.15) is 0 Å². The number of likely N-dealkylation sites (tertiary alicyclic amines) is 1. The molecule has 1 aliphatic heterocycles. The highest BCUT2D eigenvalue weighted by molar-refractivity contribution is 5.90. The Kier molecular flexibility index (Phi) is 11.1. The molecule has 1 fully saturated rings. The quantitative estimate of drug-likeness (QED) is 0.133. The third-order valence-electron chi connectivity index (χ3n) is 5.05. The predicted molar refractivity (Wildman–Crippen MR) is 135 cm³/mol. The minimum Gasteiger partial charge on any atom is -0.474 e. The standard InChI is InChI=1S/C25H35N5O7/c1-5-11-35-24(34)30-14-19(36-16-17-9-7-6-8-10-17)13-20(30)22(32)27-18(15-31)12-21(28-29-23(26)33)37-25(2,3)4/h5-10,15,18-20H,1,11-14,16H2,2-4H3,(H,27,32)(H3,26,29,33)/t18?,19?,20-/m0/s1. The van der Waals surface area contributed by atoms with Crippen molar-refractivity contribution in [3.8, 4) is 0 Å². The summed E-state index contributed by atoms with van der Waals surface area (Å²) in [5, 5.41) is 6.40. The lowest BCUT2D eigenvalue weighted by Gasteiger charge is -2.26. The second-order valence-corrected chi connectivity index (χ2v) is 9.34. The molecule has 1 aromatic carbocycles. The fourth-order valence-electron chi connectivity index (χ4n) is 3.55. The largest absolute Gasteiger partial charge is 0.474 e. The van der Waals surface area contributed by atoms with Crippen LogP contribution < -0.4 is 16.5 Å². The molecule has 37 heavy (non-hydrogen) atoms. The molecule has 0 radical (unpaired) electrons. The highest BCUT2D eigenvalue weighted by Crippen LogP contribution is 2.23. The summed E-state index contributed by atoms with van der Waals surface area (Å²) in [6.45, 7) is 9.20. The van der Waals surface area contributed by atoms with Gasteiger partial charge in [0.25, 0.3) is 0 Å². The highest BCUT2D eigenvalue weighted by Gasteiger charge is 2.41. The molecule has 4 amide bonds. The molecule has 0 aliphatic carbocycles. The maximum atomic E-state index is 13.2. The molecule has 1 aromatic rings.